The van der Waals surface area contributed by atoms with E-state index < -0.39 is 26.5 Å². The molecule has 2 heterocycles. The van der Waals surface area contributed by atoms with Gasteiger partial charge in [-0.25, -0.2) is 13.1 Å². The van der Waals surface area contributed by atoms with Crippen molar-refractivity contribution in [2.24, 2.45) is 0 Å². The van der Waals surface area contributed by atoms with E-state index in [2.05, 4.69) is 10.4 Å². The molecule has 13 heteroatoms. The Morgan fingerprint density at radius 1 is 1.38 bits per heavy atom. The van der Waals surface area contributed by atoms with Crippen LogP contribution in [0, 0.1) is 21.4 Å². The van der Waals surface area contributed by atoms with Crippen LogP contribution in [0.2, 0.25) is 0 Å². The molecule has 0 aliphatic carbocycles. The number of amides is 1. The Kier molecular flexibility index (Phi) is 5.59. The van der Waals surface area contributed by atoms with Crippen LogP contribution in [0.4, 0.5) is 11.5 Å². The molecule has 1 aromatic carbocycles. The maximum atomic E-state index is 12.8. The van der Waals surface area contributed by atoms with Gasteiger partial charge in [-0.2, -0.15) is 14.7 Å². The molecule has 152 valence electrons. The second-order valence-electron chi connectivity index (χ2n) is 6.04. The summed E-state index contributed by atoms with van der Waals surface area (Å²) in [5, 5.41) is 27.2. The van der Waals surface area contributed by atoms with Gasteiger partial charge in [-0.15, -0.1) is 0 Å². The van der Waals surface area contributed by atoms with Crippen molar-refractivity contribution in [3.8, 4) is 11.8 Å². The highest BCUT2D eigenvalue weighted by Crippen LogP contribution is 2.31. The van der Waals surface area contributed by atoms with E-state index in [1.165, 1.54) is 23.4 Å². The molecule has 29 heavy (non-hydrogen) atoms. The number of aromatic nitrogens is 2. The summed E-state index contributed by atoms with van der Waals surface area (Å²) in [6.07, 6.45) is 1.15. The number of benzene rings is 1. The molecule has 1 amide bonds. The minimum Gasteiger partial charge on any atom is -0.379 e. The molecule has 1 fully saturated rings. The number of rotatable bonds is 5. The Hall–Kier alpha value is -3.34. The van der Waals surface area contributed by atoms with Crippen molar-refractivity contribution < 1.29 is 22.9 Å². The lowest BCUT2D eigenvalue weighted by Gasteiger charge is -2.26. The Labute approximate surface area is 165 Å². The lowest BCUT2D eigenvalue weighted by Crippen LogP contribution is -2.40. The number of nitro groups is 1. The van der Waals surface area contributed by atoms with Crippen LogP contribution in [0.1, 0.15) is 12.5 Å². The first-order chi connectivity index (χ1) is 13.8. The summed E-state index contributed by atoms with van der Waals surface area (Å²) in [5.74, 6) is -0.552. The summed E-state index contributed by atoms with van der Waals surface area (Å²) >= 11 is 0. The van der Waals surface area contributed by atoms with Gasteiger partial charge in [0.2, 0.25) is 15.9 Å². The van der Waals surface area contributed by atoms with Crippen LogP contribution in [-0.4, -0.2) is 59.6 Å². The van der Waals surface area contributed by atoms with Crippen LogP contribution < -0.4 is 5.32 Å². The lowest BCUT2D eigenvalue weighted by molar-refractivity contribution is -0.384. The largest absolute Gasteiger partial charge is 0.379 e. The number of nitro benzene ring substituents is 1. The average molecular weight is 420 g/mol. The first-order valence-electron chi connectivity index (χ1n) is 8.38. The zero-order valence-electron chi connectivity index (χ0n) is 15.2. The van der Waals surface area contributed by atoms with Gasteiger partial charge < -0.3 is 10.1 Å². The Balaban J connectivity index is 2.11. The molecule has 0 atom stereocenters. The van der Waals surface area contributed by atoms with E-state index in [0.717, 1.165) is 16.9 Å². The van der Waals surface area contributed by atoms with Crippen molar-refractivity contribution in [2.45, 2.75) is 11.8 Å². The Morgan fingerprint density at radius 2 is 2.07 bits per heavy atom. The molecular formula is C16H16N6O6S. The number of carbonyl (C=O) groups is 1. The summed E-state index contributed by atoms with van der Waals surface area (Å²) in [6.45, 7) is 1.99. The van der Waals surface area contributed by atoms with E-state index in [0.29, 0.717) is 0 Å². The number of nitrogens with zero attached hydrogens (tertiary/aromatic N) is 5. The molecule has 1 aromatic heterocycles. The SMILES string of the molecule is CC(=O)Nc1c(C#N)cnn1-c1ccc(S(=O)(=O)N2CCOCC2)cc1[N+](=O)[O-]. The minimum absolute atomic E-state index is 0.000451. The molecule has 0 radical (unpaired) electrons. The summed E-state index contributed by atoms with van der Waals surface area (Å²) < 4.78 is 32.9. The fourth-order valence-electron chi connectivity index (χ4n) is 2.83. The third-order valence-electron chi connectivity index (χ3n) is 4.16. The second kappa shape index (κ2) is 7.95. The van der Waals surface area contributed by atoms with Gasteiger partial charge in [0.15, 0.2) is 5.82 Å². The highest BCUT2D eigenvalue weighted by atomic mass is 32.2. The van der Waals surface area contributed by atoms with Crippen molar-refractivity contribution >= 4 is 27.4 Å². The summed E-state index contributed by atoms with van der Waals surface area (Å²) in [6, 6.07) is 5.21. The van der Waals surface area contributed by atoms with Gasteiger partial charge >= 0.3 is 0 Å². The number of anilines is 1. The highest BCUT2D eigenvalue weighted by molar-refractivity contribution is 7.89. The maximum absolute atomic E-state index is 12.8. The molecule has 0 unspecified atom stereocenters. The molecule has 1 aliphatic rings. The van der Waals surface area contributed by atoms with Crippen molar-refractivity contribution in [1.82, 2.24) is 14.1 Å². The maximum Gasteiger partial charge on any atom is 0.296 e. The number of carbonyl (C=O) groups excluding carboxylic acids is 1. The molecule has 1 saturated heterocycles. The molecule has 1 aliphatic heterocycles. The Bertz CT molecular complexity index is 1110. The van der Waals surface area contributed by atoms with E-state index in [-0.39, 0.29) is 48.3 Å². The van der Waals surface area contributed by atoms with E-state index in [4.69, 9.17) is 4.74 Å². The fraction of sp³-hybridized carbons (Fsp3) is 0.312. The number of ether oxygens (including phenoxy) is 1. The highest BCUT2D eigenvalue weighted by Gasteiger charge is 2.30. The zero-order chi connectivity index (χ0) is 21.2. The topological polar surface area (TPSA) is 160 Å². The van der Waals surface area contributed by atoms with E-state index in [9.17, 15) is 28.6 Å². The molecule has 0 saturated carbocycles. The van der Waals surface area contributed by atoms with Gasteiger partial charge in [0.1, 0.15) is 17.3 Å². The molecule has 1 N–H and O–H groups in total. The van der Waals surface area contributed by atoms with Gasteiger partial charge in [0.05, 0.1) is 29.2 Å². The van der Waals surface area contributed by atoms with Gasteiger partial charge in [0, 0.05) is 26.1 Å². The predicted octanol–water partition coefficient (Wildman–Crippen LogP) is 0.631. The third-order valence-corrected chi connectivity index (χ3v) is 6.06. The van der Waals surface area contributed by atoms with Crippen LogP contribution in [-0.2, 0) is 19.6 Å². The van der Waals surface area contributed by atoms with E-state index in [1.807, 2.05) is 6.07 Å². The van der Waals surface area contributed by atoms with Gasteiger partial charge in [0.25, 0.3) is 5.69 Å². The number of nitriles is 1. The number of nitrogens with one attached hydrogen (secondary N) is 1. The standard InChI is InChI=1S/C16H16N6O6S/c1-11(23)19-16-12(9-17)10-18-21(16)14-3-2-13(8-15(14)22(24)25)29(26,27)20-4-6-28-7-5-20/h2-3,8,10H,4-7H2,1H3,(H,19,23). The van der Waals surface area contributed by atoms with Crippen molar-refractivity contribution in [1.29, 1.82) is 5.26 Å². The summed E-state index contributed by atoms with van der Waals surface area (Å²) in [4.78, 5) is 22.1. The van der Waals surface area contributed by atoms with Crippen LogP contribution in [0.3, 0.4) is 0 Å². The second-order valence-corrected chi connectivity index (χ2v) is 7.97. The van der Waals surface area contributed by atoms with Crippen LogP contribution in [0.25, 0.3) is 5.69 Å². The first kappa shape index (κ1) is 20.4. The minimum atomic E-state index is -3.95. The zero-order valence-corrected chi connectivity index (χ0v) is 16.0. The van der Waals surface area contributed by atoms with Crippen LogP contribution in [0.15, 0.2) is 29.3 Å². The first-order valence-corrected chi connectivity index (χ1v) is 9.82. The van der Waals surface area contributed by atoms with E-state index in [1.54, 1.807) is 0 Å². The normalized spacial score (nSPS) is 14.9. The number of morpholine rings is 1. The quantitative estimate of drug-likeness (QED) is 0.544. The van der Waals surface area contributed by atoms with Crippen molar-refractivity contribution in [3.63, 3.8) is 0 Å². The third kappa shape index (κ3) is 3.94. The number of hydrogen-bond donors (Lipinski definition) is 1. The fourth-order valence-corrected chi connectivity index (χ4v) is 4.25. The predicted molar refractivity (Wildman–Crippen MR) is 98.8 cm³/mol. The van der Waals surface area contributed by atoms with Gasteiger partial charge in [-0.05, 0) is 12.1 Å². The summed E-state index contributed by atoms with van der Waals surface area (Å²) in [5.41, 5.74) is -0.640. The van der Waals surface area contributed by atoms with Crippen LogP contribution in [0.5, 0.6) is 0 Å². The smallest absolute Gasteiger partial charge is 0.296 e. The Morgan fingerprint density at radius 3 is 2.66 bits per heavy atom. The van der Waals surface area contributed by atoms with Gasteiger partial charge in [-0.3, -0.25) is 14.9 Å². The molecule has 0 spiro atoms. The number of sulfonamides is 1. The molecular weight excluding hydrogens is 404 g/mol. The average Bonchev–Trinajstić information content (AvgIpc) is 3.09. The molecule has 3 rings (SSSR count). The number of hydrogen-bond acceptors (Lipinski definition) is 8. The van der Waals surface area contributed by atoms with E-state index >= 15 is 0 Å². The van der Waals surface area contributed by atoms with Crippen molar-refractivity contribution in [2.75, 3.05) is 31.6 Å². The van der Waals surface area contributed by atoms with Crippen LogP contribution >= 0.6 is 0 Å². The monoisotopic (exact) mass is 420 g/mol. The van der Waals surface area contributed by atoms with Crippen molar-refractivity contribution in [3.05, 3.63) is 40.1 Å². The summed E-state index contributed by atoms with van der Waals surface area (Å²) in [7, 11) is -3.95. The molecule has 0 bridgehead atoms. The molecule has 12 nitrogen and oxygen atoms in total. The van der Waals surface area contributed by atoms with Gasteiger partial charge in [-0.1, -0.05) is 0 Å². The molecule has 2 aromatic rings. The lowest BCUT2D eigenvalue weighted by atomic mass is 10.2.